The highest BCUT2D eigenvalue weighted by Crippen LogP contribution is 2.38. The van der Waals surface area contributed by atoms with Gasteiger partial charge in [0.25, 0.3) is 0 Å². The number of thiazole rings is 1. The molecule has 23 heavy (non-hydrogen) atoms. The second-order valence-electron chi connectivity index (χ2n) is 5.43. The van der Waals surface area contributed by atoms with Gasteiger partial charge in [-0.2, -0.15) is 0 Å². The summed E-state index contributed by atoms with van der Waals surface area (Å²) in [5.74, 6) is 0.694. The Morgan fingerprint density at radius 3 is 2.74 bits per heavy atom. The molecule has 0 atom stereocenters. The fourth-order valence-electron chi connectivity index (χ4n) is 2.66. The molecule has 2 heterocycles. The second kappa shape index (κ2) is 6.43. The summed E-state index contributed by atoms with van der Waals surface area (Å²) in [6, 6.07) is 3.61. The van der Waals surface area contributed by atoms with E-state index in [0.717, 1.165) is 28.3 Å². The van der Waals surface area contributed by atoms with E-state index >= 15 is 0 Å². The number of nitrogens with zero attached hydrogens (tertiary/aromatic N) is 3. The number of halogens is 1. The van der Waals surface area contributed by atoms with E-state index in [0.29, 0.717) is 30.4 Å². The van der Waals surface area contributed by atoms with E-state index in [4.69, 9.17) is 16.3 Å². The molecule has 0 bridgehead atoms. The van der Waals surface area contributed by atoms with Crippen molar-refractivity contribution in [3.63, 3.8) is 0 Å². The lowest BCUT2D eigenvalue weighted by Crippen LogP contribution is -2.34. The summed E-state index contributed by atoms with van der Waals surface area (Å²) in [6.45, 7) is 2.41. The third-order valence-corrected chi connectivity index (χ3v) is 6.74. The highest BCUT2D eigenvalue weighted by atomic mass is 35.5. The summed E-state index contributed by atoms with van der Waals surface area (Å²) >= 11 is 7.78. The maximum atomic E-state index is 11.7. The zero-order valence-corrected chi connectivity index (χ0v) is 15.3. The van der Waals surface area contributed by atoms with Crippen LogP contribution in [0.2, 0.25) is 5.02 Å². The van der Waals surface area contributed by atoms with Gasteiger partial charge in [-0.3, -0.25) is 0 Å². The van der Waals surface area contributed by atoms with E-state index in [1.54, 1.807) is 13.2 Å². The van der Waals surface area contributed by atoms with Crippen LogP contribution in [0.1, 0.15) is 6.42 Å². The number of benzene rings is 1. The Morgan fingerprint density at radius 2 is 2.04 bits per heavy atom. The largest absolute Gasteiger partial charge is 0.494 e. The van der Waals surface area contributed by atoms with Crippen molar-refractivity contribution in [1.29, 1.82) is 0 Å². The molecule has 0 N–H and O–H groups in total. The first-order valence-electron chi connectivity index (χ1n) is 7.23. The third-order valence-electron chi connectivity index (χ3n) is 3.86. The van der Waals surface area contributed by atoms with Crippen molar-refractivity contribution in [2.75, 3.05) is 44.4 Å². The van der Waals surface area contributed by atoms with Crippen molar-refractivity contribution in [3.8, 4) is 5.75 Å². The van der Waals surface area contributed by atoms with Crippen LogP contribution in [0, 0.1) is 0 Å². The molecule has 0 saturated carbocycles. The molecule has 3 rings (SSSR count). The van der Waals surface area contributed by atoms with Gasteiger partial charge in [0.05, 0.1) is 23.1 Å². The molecule has 0 spiro atoms. The van der Waals surface area contributed by atoms with E-state index in [9.17, 15) is 8.42 Å². The van der Waals surface area contributed by atoms with Crippen molar-refractivity contribution in [3.05, 3.63) is 17.2 Å². The van der Waals surface area contributed by atoms with Crippen molar-refractivity contribution in [2.24, 2.45) is 0 Å². The molecule has 0 amide bonds. The molecule has 2 aromatic rings. The number of anilines is 1. The predicted octanol–water partition coefficient (Wildman–Crippen LogP) is 2.43. The van der Waals surface area contributed by atoms with Crippen molar-refractivity contribution in [1.82, 2.24) is 9.29 Å². The van der Waals surface area contributed by atoms with Crippen LogP contribution in [0.5, 0.6) is 5.75 Å². The van der Waals surface area contributed by atoms with Gasteiger partial charge in [0, 0.05) is 26.2 Å². The zero-order valence-electron chi connectivity index (χ0n) is 13.0. The Labute approximate surface area is 144 Å². The standard InChI is InChI=1S/C14H18ClN3O3S2/c1-21-11-5-4-10(15)13-12(11)16-14(22-13)17-6-3-7-18(9-8-17)23(2,19)20/h4-5H,3,6-9H2,1-2H3. The van der Waals surface area contributed by atoms with Crippen LogP contribution in [-0.2, 0) is 10.0 Å². The zero-order chi connectivity index (χ0) is 16.6. The van der Waals surface area contributed by atoms with Gasteiger partial charge in [-0.1, -0.05) is 22.9 Å². The Balaban J connectivity index is 1.90. The lowest BCUT2D eigenvalue weighted by molar-refractivity contribution is 0.419. The van der Waals surface area contributed by atoms with E-state index < -0.39 is 10.0 Å². The van der Waals surface area contributed by atoms with Crippen LogP contribution < -0.4 is 9.64 Å². The van der Waals surface area contributed by atoms with Crippen LogP contribution in [0.15, 0.2) is 12.1 Å². The van der Waals surface area contributed by atoms with Gasteiger partial charge in [-0.25, -0.2) is 17.7 Å². The maximum absolute atomic E-state index is 11.7. The lowest BCUT2D eigenvalue weighted by Gasteiger charge is -2.19. The minimum atomic E-state index is -3.15. The molecule has 1 aliphatic rings. The molecular formula is C14H18ClN3O3S2. The van der Waals surface area contributed by atoms with E-state index in [1.807, 2.05) is 6.07 Å². The number of hydrogen-bond acceptors (Lipinski definition) is 6. The van der Waals surface area contributed by atoms with Crippen LogP contribution in [0.25, 0.3) is 10.2 Å². The number of ether oxygens (including phenoxy) is 1. The molecule has 9 heteroatoms. The number of aromatic nitrogens is 1. The summed E-state index contributed by atoms with van der Waals surface area (Å²) in [4.78, 5) is 6.78. The SMILES string of the molecule is COc1ccc(Cl)c2sc(N3CCCN(S(C)(=O)=O)CC3)nc12. The molecule has 1 aliphatic heterocycles. The number of methoxy groups -OCH3 is 1. The van der Waals surface area contributed by atoms with Gasteiger partial charge >= 0.3 is 0 Å². The van der Waals surface area contributed by atoms with E-state index in [-0.39, 0.29) is 0 Å². The minimum Gasteiger partial charge on any atom is -0.494 e. The number of sulfonamides is 1. The molecule has 126 valence electrons. The predicted molar refractivity (Wildman–Crippen MR) is 94.4 cm³/mol. The Hall–Kier alpha value is -1.09. The molecular weight excluding hydrogens is 358 g/mol. The monoisotopic (exact) mass is 375 g/mol. The quantitative estimate of drug-likeness (QED) is 0.824. The molecule has 0 unspecified atom stereocenters. The highest BCUT2D eigenvalue weighted by Gasteiger charge is 2.23. The van der Waals surface area contributed by atoms with Crippen LogP contribution >= 0.6 is 22.9 Å². The molecule has 1 fully saturated rings. The van der Waals surface area contributed by atoms with Crippen molar-refractivity contribution < 1.29 is 13.2 Å². The average Bonchev–Trinajstić information content (AvgIpc) is 2.78. The second-order valence-corrected chi connectivity index (χ2v) is 8.79. The molecule has 6 nitrogen and oxygen atoms in total. The summed E-state index contributed by atoms with van der Waals surface area (Å²) in [7, 11) is -1.54. The average molecular weight is 376 g/mol. The first kappa shape index (κ1) is 16.8. The van der Waals surface area contributed by atoms with E-state index in [1.165, 1.54) is 21.9 Å². The number of rotatable bonds is 3. The van der Waals surface area contributed by atoms with Crippen molar-refractivity contribution >= 4 is 48.3 Å². The van der Waals surface area contributed by atoms with Crippen LogP contribution in [0.4, 0.5) is 5.13 Å². The first-order chi connectivity index (χ1) is 10.9. The molecule has 0 radical (unpaired) electrons. The van der Waals surface area contributed by atoms with Crippen LogP contribution in [0.3, 0.4) is 0 Å². The summed E-state index contributed by atoms with van der Waals surface area (Å²) < 4.78 is 31.2. The summed E-state index contributed by atoms with van der Waals surface area (Å²) in [5.41, 5.74) is 0.754. The Kier molecular flexibility index (Phi) is 4.68. The van der Waals surface area contributed by atoms with E-state index in [2.05, 4.69) is 9.88 Å². The first-order valence-corrected chi connectivity index (χ1v) is 10.3. The van der Waals surface area contributed by atoms with Gasteiger partial charge in [-0.15, -0.1) is 0 Å². The minimum absolute atomic E-state index is 0.472. The number of hydrogen-bond donors (Lipinski definition) is 0. The van der Waals surface area contributed by atoms with Gasteiger partial charge in [0.15, 0.2) is 5.13 Å². The topological polar surface area (TPSA) is 62.7 Å². The fourth-order valence-corrected chi connectivity index (χ4v) is 4.84. The smallest absolute Gasteiger partial charge is 0.211 e. The Morgan fingerprint density at radius 1 is 1.26 bits per heavy atom. The van der Waals surface area contributed by atoms with Gasteiger partial charge < -0.3 is 9.64 Å². The molecule has 1 aromatic carbocycles. The molecule has 1 aromatic heterocycles. The summed E-state index contributed by atoms with van der Waals surface area (Å²) in [6.07, 6.45) is 2.03. The Bertz CT molecular complexity index is 822. The normalized spacial score (nSPS) is 17.4. The maximum Gasteiger partial charge on any atom is 0.211 e. The van der Waals surface area contributed by atoms with Crippen LogP contribution in [-0.4, -0.2) is 57.3 Å². The highest BCUT2D eigenvalue weighted by molar-refractivity contribution is 7.88. The van der Waals surface area contributed by atoms with Crippen molar-refractivity contribution in [2.45, 2.75) is 6.42 Å². The molecule has 1 saturated heterocycles. The lowest BCUT2D eigenvalue weighted by atomic mass is 10.3. The summed E-state index contributed by atoms with van der Waals surface area (Å²) in [5, 5.41) is 1.50. The fraction of sp³-hybridized carbons (Fsp3) is 0.500. The third kappa shape index (κ3) is 3.40. The van der Waals surface area contributed by atoms with Gasteiger partial charge in [0.2, 0.25) is 10.0 Å². The van der Waals surface area contributed by atoms with Gasteiger partial charge in [-0.05, 0) is 18.6 Å². The number of fused-ring (bicyclic) bond motifs is 1. The molecule has 0 aliphatic carbocycles. The van der Waals surface area contributed by atoms with Gasteiger partial charge in [0.1, 0.15) is 11.3 Å².